The summed E-state index contributed by atoms with van der Waals surface area (Å²) in [5.74, 6) is 2.64. The van der Waals surface area contributed by atoms with Crippen molar-refractivity contribution in [3.8, 4) is 0 Å². The van der Waals surface area contributed by atoms with Gasteiger partial charge in [-0.2, -0.15) is 11.8 Å². The summed E-state index contributed by atoms with van der Waals surface area (Å²) in [4.78, 5) is 11.8. The highest BCUT2D eigenvalue weighted by Gasteiger charge is 2.06. The standard InChI is InChI=1S/C14H21ClN2OS/c1-3-10(2)9-19-7-6-14(18)17-13-5-4-11(15)8-12(13)16/h4-5,8,10H,3,6-7,9,16H2,1-2H3,(H,17,18). The summed E-state index contributed by atoms with van der Waals surface area (Å²) in [7, 11) is 0. The lowest BCUT2D eigenvalue weighted by Crippen LogP contribution is -2.13. The molecular weight excluding hydrogens is 280 g/mol. The largest absolute Gasteiger partial charge is 0.397 e. The minimum atomic E-state index is -0.00864. The zero-order chi connectivity index (χ0) is 14.3. The molecule has 1 atom stereocenters. The van der Waals surface area contributed by atoms with Crippen molar-refractivity contribution >= 4 is 40.6 Å². The number of anilines is 2. The number of thioether (sulfide) groups is 1. The fourth-order valence-electron chi connectivity index (χ4n) is 1.43. The van der Waals surface area contributed by atoms with E-state index in [2.05, 4.69) is 19.2 Å². The second-order valence-corrected chi connectivity index (χ2v) is 6.20. The first-order chi connectivity index (χ1) is 9.02. The second kappa shape index (κ2) is 8.33. The van der Waals surface area contributed by atoms with Gasteiger partial charge in [0.2, 0.25) is 5.91 Å². The van der Waals surface area contributed by atoms with Crippen LogP contribution in [0.1, 0.15) is 26.7 Å². The zero-order valence-electron chi connectivity index (χ0n) is 11.4. The third kappa shape index (κ3) is 6.21. The lowest BCUT2D eigenvalue weighted by Gasteiger charge is -2.09. The zero-order valence-corrected chi connectivity index (χ0v) is 13.0. The van der Waals surface area contributed by atoms with Gasteiger partial charge < -0.3 is 11.1 Å². The van der Waals surface area contributed by atoms with Gasteiger partial charge in [0, 0.05) is 17.2 Å². The Labute approximate surface area is 124 Å². The number of halogens is 1. The fraction of sp³-hybridized carbons (Fsp3) is 0.500. The molecule has 3 nitrogen and oxygen atoms in total. The molecule has 1 aromatic carbocycles. The van der Waals surface area contributed by atoms with E-state index in [-0.39, 0.29) is 5.91 Å². The molecule has 0 saturated heterocycles. The first kappa shape index (κ1) is 16.2. The molecule has 5 heteroatoms. The van der Waals surface area contributed by atoms with Crippen LogP contribution in [0.4, 0.5) is 11.4 Å². The highest BCUT2D eigenvalue weighted by atomic mass is 35.5. The van der Waals surface area contributed by atoms with E-state index >= 15 is 0 Å². The molecule has 1 rings (SSSR count). The molecule has 0 heterocycles. The third-order valence-corrected chi connectivity index (χ3v) is 4.39. The van der Waals surface area contributed by atoms with Gasteiger partial charge in [-0.1, -0.05) is 31.9 Å². The minimum absolute atomic E-state index is 0.00864. The van der Waals surface area contributed by atoms with Crippen LogP contribution in [0, 0.1) is 5.92 Å². The summed E-state index contributed by atoms with van der Waals surface area (Å²) in [5.41, 5.74) is 6.90. The predicted molar refractivity (Wildman–Crippen MR) is 85.9 cm³/mol. The molecule has 0 spiro atoms. The highest BCUT2D eigenvalue weighted by molar-refractivity contribution is 7.99. The van der Waals surface area contributed by atoms with Gasteiger partial charge in [-0.25, -0.2) is 0 Å². The maximum absolute atomic E-state index is 11.8. The normalized spacial score (nSPS) is 12.2. The highest BCUT2D eigenvalue weighted by Crippen LogP contribution is 2.23. The van der Waals surface area contributed by atoms with E-state index in [0.717, 1.165) is 11.5 Å². The van der Waals surface area contributed by atoms with Gasteiger partial charge in [0.05, 0.1) is 11.4 Å². The fourth-order valence-corrected chi connectivity index (χ4v) is 2.74. The summed E-state index contributed by atoms with van der Waals surface area (Å²) in [6, 6.07) is 5.07. The molecular formula is C14H21ClN2OS. The summed E-state index contributed by atoms with van der Waals surface area (Å²) < 4.78 is 0. The quantitative estimate of drug-likeness (QED) is 0.590. The minimum Gasteiger partial charge on any atom is -0.397 e. The van der Waals surface area contributed by atoms with Crippen molar-refractivity contribution in [3.05, 3.63) is 23.2 Å². The van der Waals surface area contributed by atoms with E-state index in [1.54, 1.807) is 18.2 Å². The number of carbonyl (C=O) groups excluding carboxylic acids is 1. The Morgan fingerprint density at radius 2 is 2.26 bits per heavy atom. The van der Waals surface area contributed by atoms with Crippen LogP contribution in [-0.4, -0.2) is 17.4 Å². The summed E-state index contributed by atoms with van der Waals surface area (Å²) in [6.45, 7) is 4.41. The average molecular weight is 301 g/mol. The van der Waals surface area contributed by atoms with Gasteiger partial charge in [-0.15, -0.1) is 0 Å². The maximum atomic E-state index is 11.8. The monoisotopic (exact) mass is 300 g/mol. The molecule has 0 aliphatic carbocycles. The van der Waals surface area contributed by atoms with Crippen LogP contribution in [0.5, 0.6) is 0 Å². The molecule has 1 amide bonds. The Morgan fingerprint density at radius 1 is 1.53 bits per heavy atom. The molecule has 0 saturated carbocycles. The summed E-state index contributed by atoms with van der Waals surface area (Å²) >= 11 is 7.62. The molecule has 0 bridgehead atoms. The second-order valence-electron chi connectivity index (χ2n) is 4.62. The number of amides is 1. The van der Waals surface area contributed by atoms with Crippen LogP contribution >= 0.6 is 23.4 Å². The summed E-state index contributed by atoms with van der Waals surface area (Å²) in [5, 5.41) is 3.37. The number of hydrogen-bond donors (Lipinski definition) is 2. The molecule has 1 aromatic rings. The van der Waals surface area contributed by atoms with Crippen LogP contribution < -0.4 is 11.1 Å². The van der Waals surface area contributed by atoms with Crippen LogP contribution in [0.3, 0.4) is 0 Å². The number of rotatable bonds is 7. The van der Waals surface area contributed by atoms with Gasteiger partial charge in [-0.05, 0) is 29.9 Å². The van der Waals surface area contributed by atoms with Crippen molar-refractivity contribution in [3.63, 3.8) is 0 Å². The molecule has 106 valence electrons. The van der Waals surface area contributed by atoms with Gasteiger partial charge in [0.15, 0.2) is 0 Å². The Balaban J connectivity index is 2.31. The maximum Gasteiger partial charge on any atom is 0.225 e. The smallest absolute Gasteiger partial charge is 0.225 e. The number of hydrogen-bond acceptors (Lipinski definition) is 3. The van der Waals surface area contributed by atoms with Gasteiger partial charge in [0.25, 0.3) is 0 Å². The van der Waals surface area contributed by atoms with Crippen molar-refractivity contribution in [2.45, 2.75) is 26.7 Å². The van der Waals surface area contributed by atoms with Crippen molar-refractivity contribution in [2.24, 2.45) is 5.92 Å². The lowest BCUT2D eigenvalue weighted by atomic mass is 10.2. The average Bonchev–Trinajstić information content (AvgIpc) is 2.37. The SMILES string of the molecule is CCC(C)CSCCC(=O)Nc1ccc(Cl)cc1N. The lowest BCUT2D eigenvalue weighted by molar-refractivity contribution is -0.115. The van der Waals surface area contributed by atoms with Crippen molar-refractivity contribution in [2.75, 3.05) is 22.6 Å². The van der Waals surface area contributed by atoms with E-state index < -0.39 is 0 Å². The van der Waals surface area contributed by atoms with E-state index in [1.807, 2.05) is 11.8 Å². The van der Waals surface area contributed by atoms with Crippen LogP contribution in [0.2, 0.25) is 5.02 Å². The topological polar surface area (TPSA) is 55.1 Å². The third-order valence-electron chi connectivity index (χ3n) is 2.86. The van der Waals surface area contributed by atoms with E-state index in [1.165, 1.54) is 6.42 Å². The Hall–Kier alpha value is -0.870. The molecule has 1 unspecified atom stereocenters. The first-order valence-corrected chi connectivity index (χ1v) is 7.98. The molecule has 0 radical (unpaired) electrons. The molecule has 3 N–H and O–H groups in total. The van der Waals surface area contributed by atoms with Gasteiger partial charge in [-0.3, -0.25) is 4.79 Å². The summed E-state index contributed by atoms with van der Waals surface area (Å²) in [6.07, 6.45) is 1.68. The van der Waals surface area contributed by atoms with Gasteiger partial charge in [0.1, 0.15) is 0 Å². The van der Waals surface area contributed by atoms with Crippen molar-refractivity contribution < 1.29 is 4.79 Å². The van der Waals surface area contributed by atoms with Crippen LogP contribution in [0.15, 0.2) is 18.2 Å². The van der Waals surface area contributed by atoms with Gasteiger partial charge >= 0.3 is 0 Å². The van der Waals surface area contributed by atoms with E-state index in [4.69, 9.17) is 17.3 Å². The van der Waals surface area contributed by atoms with Crippen molar-refractivity contribution in [1.82, 2.24) is 0 Å². The Kier molecular flexibility index (Phi) is 7.10. The molecule has 0 aliphatic rings. The van der Waals surface area contributed by atoms with Crippen LogP contribution in [-0.2, 0) is 4.79 Å². The Bertz CT molecular complexity index is 426. The number of nitrogens with two attached hydrogens (primary N) is 1. The molecule has 19 heavy (non-hydrogen) atoms. The predicted octanol–water partition coefficient (Wildman–Crippen LogP) is 4.03. The van der Waals surface area contributed by atoms with E-state index in [0.29, 0.717) is 28.7 Å². The number of nitrogens with one attached hydrogen (secondary N) is 1. The first-order valence-electron chi connectivity index (χ1n) is 6.45. The number of nitrogen functional groups attached to an aromatic ring is 1. The van der Waals surface area contributed by atoms with Crippen molar-refractivity contribution in [1.29, 1.82) is 0 Å². The molecule has 0 aliphatic heterocycles. The molecule has 0 aromatic heterocycles. The Morgan fingerprint density at radius 3 is 2.89 bits per heavy atom. The van der Waals surface area contributed by atoms with Crippen LogP contribution in [0.25, 0.3) is 0 Å². The number of carbonyl (C=O) groups is 1. The van der Waals surface area contributed by atoms with E-state index in [9.17, 15) is 4.79 Å². The number of benzene rings is 1. The molecule has 0 fully saturated rings.